The fraction of sp³-hybridized carbons (Fsp3) is 0.833. The maximum Gasteiger partial charge on any atom is 0.0503 e. The van der Waals surface area contributed by atoms with E-state index in [2.05, 4.69) is 50.7 Å². The van der Waals surface area contributed by atoms with Gasteiger partial charge in [-0.15, -0.1) is 0 Å². The normalized spacial score (nSPS) is 20.0. The Morgan fingerprint density at radius 2 is 2.00 bits per heavy atom. The molecule has 0 unspecified atom stereocenters. The van der Waals surface area contributed by atoms with Crippen LogP contribution in [0.2, 0.25) is 0 Å². The fourth-order valence-corrected chi connectivity index (χ4v) is 1.92. The second-order valence-electron chi connectivity index (χ2n) is 5.53. The van der Waals surface area contributed by atoms with Crippen LogP contribution in [0.15, 0.2) is 11.6 Å². The molecule has 0 amide bonds. The van der Waals surface area contributed by atoms with E-state index in [0.29, 0.717) is 5.41 Å². The number of hydrogen-bond acceptors (Lipinski definition) is 2. The van der Waals surface area contributed by atoms with Gasteiger partial charge < -0.3 is 0 Å². The Balaban J connectivity index is 2.47. The van der Waals surface area contributed by atoms with E-state index in [9.17, 15) is 0 Å². The molecule has 0 spiro atoms. The first-order valence-electron chi connectivity index (χ1n) is 5.46. The van der Waals surface area contributed by atoms with Crippen molar-refractivity contribution in [3.63, 3.8) is 0 Å². The lowest BCUT2D eigenvalue weighted by atomic mass is 9.83. The molecule has 0 fully saturated rings. The van der Waals surface area contributed by atoms with Gasteiger partial charge in [0.2, 0.25) is 0 Å². The summed E-state index contributed by atoms with van der Waals surface area (Å²) in [6.45, 7) is 10.3. The molecule has 1 aliphatic heterocycles. The van der Waals surface area contributed by atoms with Gasteiger partial charge in [0, 0.05) is 13.1 Å². The van der Waals surface area contributed by atoms with Gasteiger partial charge in [0.25, 0.3) is 0 Å². The van der Waals surface area contributed by atoms with Gasteiger partial charge in [-0.25, -0.2) is 0 Å². The fourth-order valence-electron chi connectivity index (χ4n) is 1.92. The average Bonchev–Trinajstić information content (AvgIpc) is 2.02. The van der Waals surface area contributed by atoms with E-state index in [-0.39, 0.29) is 0 Å². The van der Waals surface area contributed by atoms with Crippen molar-refractivity contribution in [1.29, 1.82) is 0 Å². The van der Waals surface area contributed by atoms with Crippen LogP contribution in [0.3, 0.4) is 0 Å². The predicted octanol–water partition coefficient (Wildman–Crippen LogP) is 2.18. The van der Waals surface area contributed by atoms with Gasteiger partial charge >= 0.3 is 0 Å². The number of hydrogen-bond donors (Lipinski definition) is 0. The molecule has 0 aromatic heterocycles. The highest BCUT2D eigenvalue weighted by Gasteiger charge is 2.20. The minimum absolute atomic E-state index is 0.365. The molecule has 0 bridgehead atoms. The van der Waals surface area contributed by atoms with Crippen molar-refractivity contribution in [3.8, 4) is 0 Å². The van der Waals surface area contributed by atoms with Crippen LogP contribution in [-0.2, 0) is 0 Å². The van der Waals surface area contributed by atoms with Gasteiger partial charge in [0.05, 0.1) is 6.67 Å². The summed E-state index contributed by atoms with van der Waals surface area (Å²) in [4.78, 5) is 4.71. The number of nitrogens with zero attached hydrogens (tertiary/aromatic N) is 2. The van der Waals surface area contributed by atoms with Crippen LogP contribution < -0.4 is 0 Å². The lowest BCUT2D eigenvalue weighted by Crippen LogP contribution is -2.37. The summed E-state index contributed by atoms with van der Waals surface area (Å²) in [6, 6.07) is 0. The summed E-state index contributed by atoms with van der Waals surface area (Å²) in [7, 11) is 4.26. The van der Waals surface area contributed by atoms with Crippen LogP contribution in [0, 0.1) is 5.41 Å². The zero-order valence-corrected chi connectivity index (χ0v) is 10.3. The first-order chi connectivity index (χ1) is 6.39. The minimum Gasteiger partial charge on any atom is -0.297 e. The third kappa shape index (κ3) is 3.43. The Bertz CT molecular complexity index is 211. The van der Waals surface area contributed by atoms with Crippen molar-refractivity contribution in [2.75, 3.05) is 33.9 Å². The Morgan fingerprint density at radius 1 is 1.36 bits per heavy atom. The molecular weight excluding hydrogens is 172 g/mol. The van der Waals surface area contributed by atoms with Gasteiger partial charge in [-0.05, 0) is 25.9 Å². The maximum atomic E-state index is 2.48. The molecule has 14 heavy (non-hydrogen) atoms. The summed E-state index contributed by atoms with van der Waals surface area (Å²) in [5.74, 6) is 0. The molecule has 2 heteroatoms. The van der Waals surface area contributed by atoms with E-state index >= 15 is 0 Å². The van der Waals surface area contributed by atoms with Gasteiger partial charge in [-0.3, -0.25) is 9.80 Å². The third-order valence-electron chi connectivity index (χ3n) is 2.74. The zero-order valence-electron chi connectivity index (χ0n) is 10.3. The van der Waals surface area contributed by atoms with E-state index in [1.807, 2.05) is 0 Å². The van der Waals surface area contributed by atoms with Crippen LogP contribution in [0.4, 0.5) is 0 Å². The average molecular weight is 196 g/mol. The van der Waals surface area contributed by atoms with E-state index in [1.54, 1.807) is 5.57 Å². The molecule has 0 radical (unpaired) electrons. The second-order valence-corrected chi connectivity index (χ2v) is 5.53. The third-order valence-corrected chi connectivity index (χ3v) is 2.74. The van der Waals surface area contributed by atoms with Gasteiger partial charge in [-0.1, -0.05) is 32.4 Å². The highest BCUT2D eigenvalue weighted by Crippen LogP contribution is 2.29. The van der Waals surface area contributed by atoms with Crippen molar-refractivity contribution >= 4 is 0 Å². The van der Waals surface area contributed by atoms with Gasteiger partial charge in [-0.2, -0.15) is 0 Å². The Hall–Kier alpha value is -0.340. The Labute approximate surface area is 88.6 Å². The van der Waals surface area contributed by atoms with Crippen LogP contribution in [0.25, 0.3) is 0 Å². The first-order valence-corrected chi connectivity index (χ1v) is 5.46. The summed E-state index contributed by atoms with van der Waals surface area (Å²) < 4.78 is 0. The Morgan fingerprint density at radius 3 is 2.36 bits per heavy atom. The van der Waals surface area contributed by atoms with Crippen molar-refractivity contribution in [3.05, 3.63) is 11.6 Å². The monoisotopic (exact) mass is 196 g/mol. The summed E-state index contributed by atoms with van der Waals surface area (Å²) in [6.07, 6.45) is 3.64. The van der Waals surface area contributed by atoms with Crippen LogP contribution in [-0.4, -0.2) is 43.7 Å². The molecule has 1 aliphatic rings. The quantitative estimate of drug-likeness (QED) is 0.625. The second kappa shape index (κ2) is 4.45. The molecule has 0 saturated heterocycles. The molecule has 0 aromatic rings. The van der Waals surface area contributed by atoms with Crippen molar-refractivity contribution in [2.24, 2.45) is 5.41 Å². The molecule has 82 valence electrons. The van der Waals surface area contributed by atoms with Crippen LogP contribution >= 0.6 is 0 Å². The highest BCUT2D eigenvalue weighted by atomic mass is 15.3. The summed E-state index contributed by atoms with van der Waals surface area (Å²) in [5.41, 5.74) is 1.98. The lowest BCUT2D eigenvalue weighted by molar-refractivity contribution is 0.182. The standard InChI is InChI=1S/C12H24N2/c1-12(2,3)11-6-8-14(9-7-11)10-13(4)5/h6H,7-10H2,1-5H3. The lowest BCUT2D eigenvalue weighted by Gasteiger charge is -2.33. The molecule has 0 saturated carbocycles. The maximum absolute atomic E-state index is 2.48. The molecule has 0 aliphatic carbocycles. The smallest absolute Gasteiger partial charge is 0.0503 e. The van der Waals surface area contributed by atoms with E-state index in [4.69, 9.17) is 0 Å². The predicted molar refractivity (Wildman–Crippen MR) is 62.3 cm³/mol. The molecule has 1 rings (SSSR count). The first kappa shape index (κ1) is 11.7. The zero-order chi connectivity index (χ0) is 10.8. The molecule has 1 heterocycles. The minimum atomic E-state index is 0.365. The molecule has 0 aromatic carbocycles. The van der Waals surface area contributed by atoms with E-state index in [1.165, 1.54) is 13.0 Å². The summed E-state index contributed by atoms with van der Waals surface area (Å²) >= 11 is 0. The van der Waals surface area contributed by atoms with Crippen molar-refractivity contribution in [1.82, 2.24) is 9.80 Å². The SMILES string of the molecule is CN(C)CN1CC=C(C(C)(C)C)CC1. The van der Waals surface area contributed by atoms with E-state index in [0.717, 1.165) is 13.2 Å². The molecule has 0 atom stereocenters. The van der Waals surface area contributed by atoms with Crippen LogP contribution in [0.1, 0.15) is 27.2 Å². The van der Waals surface area contributed by atoms with E-state index < -0.39 is 0 Å². The topological polar surface area (TPSA) is 6.48 Å². The molecule has 0 N–H and O–H groups in total. The Kier molecular flexibility index (Phi) is 3.73. The van der Waals surface area contributed by atoms with Crippen LogP contribution in [0.5, 0.6) is 0 Å². The number of rotatable bonds is 2. The van der Waals surface area contributed by atoms with Gasteiger partial charge in [0.15, 0.2) is 0 Å². The largest absolute Gasteiger partial charge is 0.297 e. The van der Waals surface area contributed by atoms with Crippen molar-refractivity contribution in [2.45, 2.75) is 27.2 Å². The van der Waals surface area contributed by atoms with Gasteiger partial charge in [0.1, 0.15) is 0 Å². The van der Waals surface area contributed by atoms with Crippen molar-refractivity contribution < 1.29 is 0 Å². The molecular formula is C12H24N2. The molecule has 2 nitrogen and oxygen atoms in total. The summed E-state index contributed by atoms with van der Waals surface area (Å²) in [5, 5.41) is 0. The highest BCUT2D eigenvalue weighted by molar-refractivity contribution is 5.14.